The molecule has 1 aromatic rings. The smallest absolute Gasteiger partial charge is 0.308 e. The second kappa shape index (κ2) is 6.98. The Balaban J connectivity index is 1.72. The van der Waals surface area contributed by atoms with Crippen molar-refractivity contribution in [1.82, 2.24) is 5.01 Å². The van der Waals surface area contributed by atoms with Crippen LogP contribution in [0, 0.1) is 17.3 Å². The van der Waals surface area contributed by atoms with Crippen molar-refractivity contribution >= 4 is 17.4 Å². The standard InChI is InChI=1S/C22H29N3O3/c1-13(26)28-20-11-14-5-6-16-15(17(14)12-19(20)23-24-25(3)4)9-10-22(2)18(16)7-8-21(22)27/h11-12,15-16,18H,5-10H2,1-4H3/t15-,16+,18-,22-/m0/s1. The van der Waals surface area contributed by atoms with E-state index in [0.717, 1.165) is 38.5 Å². The van der Waals surface area contributed by atoms with Crippen molar-refractivity contribution in [3.8, 4) is 5.75 Å². The van der Waals surface area contributed by atoms with Crippen LogP contribution in [-0.4, -0.2) is 30.9 Å². The van der Waals surface area contributed by atoms with Crippen molar-refractivity contribution in [2.75, 3.05) is 14.1 Å². The van der Waals surface area contributed by atoms with E-state index >= 15 is 0 Å². The van der Waals surface area contributed by atoms with Crippen molar-refractivity contribution in [2.45, 2.75) is 58.3 Å². The number of ketones is 1. The molecule has 150 valence electrons. The Labute approximate surface area is 166 Å². The molecule has 0 radical (unpaired) electrons. The molecule has 0 heterocycles. The van der Waals surface area contributed by atoms with Crippen molar-refractivity contribution in [3.63, 3.8) is 0 Å². The van der Waals surface area contributed by atoms with Gasteiger partial charge in [0.05, 0.1) is 0 Å². The Morgan fingerprint density at radius 3 is 2.71 bits per heavy atom. The Kier molecular flexibility index (Phi) is 4.76. The Hall–Kier alpha value is -2.24. The van der Waals surface area contributed by atoms with Crippen molar-refractivity contribution in [3.05, 3.63) is 23.3 Å². The van der Waals surface area contributed by atoms with E-state index in [2.05, 4.69) is 23.3 Å². The molecule has 0 N–H and O–H groups in total. The first-order valence-corrected chi connectivity index (χ1v) is 10.3. The monoisotopic (exact) mass is 383 g/mol. The van der Waals surface area contributed by atoms with Gasteiger partial charge in [-0.2, -0.15) is 0 Å². The number of benzene rings is 1. The number of fused-ring (bicyclic) bond motifs is 5. The van der Waals surface area contributed by atoms with Gasteiger partial charge in [0.2, 0.25) is 0 Å². The zero-order chi connectivity index (χ0) is 20.1. The van der Waals surface area contributed by atoms with Crippen LogP contribution < -0.4 is 4.74 Å². The summed E-state index contributed by atoms with van der Waals surface area (Å²) in [4.78, 5) is 24.1. The molecule has 6 heteroatoms. The molecule has 2 fully saturated rings. The maximum Gasteiger partial charge on any atom is 0.308 e. The van der Waals surface area contributed by atoms with Gasteiger partial charge >= 0.3 is 5.97 Å². The maximum atomic E-state index is 12.5. The number of ether oxygens (including phenoxy) is 1. The highest BCUT2D eigenvalue weighted by Crippen LogP contribution is 2.60. The van der Waals surface area contributed by atoms with E-state index in [4.69, 9.17) is 4.74 Å². The highest BCUT2D eigenvalue weighted by molar-refractivity contribution is 5.87. The molecular weight excluding hydrogens is 354 g/mol. The quantitative estimate of drug-likeness (QED) is 0.331. The number of rotatable bonds is 3. The van der Waals surface area contributed by atoms with Gasteiger partial charge in [-0.3, -0.25) is 14.6 Å². The van der Waals surface area contributed by atoms with Gasteiger partial charge in [-0.1, -0.05) is 12.1 Å². The minimum atomic E-state index is -0.354. The van der Waals surface area contributed by atoms with E-state index in [1.165, 1.54) is 18.1 Å². The predicted molar refractivity (Wildman–Crippen MR) is 106 cm³/mol. The SMILES string of the molecule is CC(=O)Oc1cc2c(cc1N=NN(C)C)[C@H]1CC[C@]3(C)C(=O)CC[C@H]3[C@@H]1CC2. The van der Waals surface area contributed by atoms with Gasteiger partial charge in [0.25, 0.3) is 0 Å². The summed E-state index contributed by atoms with van der Waals surface area (Å²) in [5.74, 6) is 2.09. The molecule has 1 aromatic carbocycles. The van der Waals surface area contributed by atoms with Crippen LogP contribution in [0.15, 0.2) is 22.5 Å². The third-order valence-electron chi connectivity index (χ3n) is 7.10. The number of hydrogen-bond acceptors (Lipinski definition) is 5. The summed E-state index contributed by atoms with van der Waals surface area (Å²) in [6, 6.07) is 4.04. The highest BCUT2D eigenvalue weighted by Gasteiger charge is 2.54. The Bertz CT molecular complexity index is 848. The Morgan fingerprint density at radius 1 is 1.21 bits per heavy atom. The minimum absolute atomic E-state index is 0.121. The fourth-order valence-corrected chi connectivity index (χ4v) is 5.81. The van der Waals surface area contributed by atoms with Crippen LogP contribution in [0.4, 0.5) is 5.69 Å². The summed E-state index contributed by atoms with van der Waals surface area (Å²) < 4.78 is 5.42. The van der Waals surface area contributed by atoms with Crippen LogP contribution >= 0.6 is 0 Å². The molecule has 6 nitrogen and oxygen atoms in total. The van der Waals surface area contributed by atoms with Gasteiger partial charge in [-0.15, -0.1) is 5.11 Å². The normalized spacial score (nSPS) is 31.3. The number of aryl methyl sites for hydroxylation is 1. The molecule has 4 rings (SSSR count). The lowest BCUT2D eigenvalue weighted by atomic mass is 9.55. The summed E-state index contributed by atoms with van der Waals surface area (Å²) in [5, 5.41) is 10.0. The molecule has 28 heavy (non-hydrogen) atoms. The van der Waals surface area contributed by atoms with E-state index in [9.17, 15) is 9.59 Å². The first kappa shape index (κ1) is 19.1. The Morgan fingerprint density at radius 2 is 2.00 bits per heavy atom. The lowest BCUT2D eigenvalue weighted by Crippen LogP contribution is -2.42. The number of nitrogens with zero attached hydrogens (tertiary/aromatic N) is 3. The van der Waals surface area contributed by atoms with Gasteiger partial charge in [-0.05, 0) is 73.1 Å². The second-order valence-corrected chi connectivity index (χ2v) is 8.98. The molecule has 4 atom stereocenters. The molecule has 3 aliphatic rings. The van der Waals surface area contributed by atoms with Crippen molar-refractivity contribution in [2.24, 2.45) is 27.6 Å². The van der Waals surface area contributed by atoms with E-state index in [-0.39, 0.29) is 11.4 Å². The summed E-state index contributed by atoms with van der Waals surface area (Å²) in [6.45, 7) is 3.60. The van der Waals surface area contributed by atoms with E-state index in [1.807, 2.05) is 20.2 Å². The van der Waals surface area contributed by atoms with Gasteiger partial charge in [0.15, 0.2) is 5.75 Å². The average molecular weight is 383 g/mol. The number of carbonyl (C=O) groups excluding carboxylic acids is 2. The fraction of sp³-hybridized carbons (Fsp3) is 0.636. The fourth-order valence-electron chi connectivity index (χ4n) is 5.81. The molecule has 0 aromatic heterocycles. The highest BCUT2D eigenvalue weighted by atomic mass is 16.5. The summed E-state index contributed by atoms with van der Waals surface area (Å²) in [5.41, 5.74) is 3.03. The van der Waals surface area contributed by atoms with Gasteiger partial charge in [0.1, 0.15) is 11.5 Å². The van der Waals surface area contributed by atoms with Crippen LogP contribution in [0.1, 0.15) is 63.0 Å². The number of carbonyl (C=O) groups is 2. The predicted octanol–water partition coefficient (Wildman–Crippen LogP) is 4.60. The second-order valence-electron chi connectivity index (χ2n) is 8.98. The number of hydrogen-bond donors (Lipinski definition) is 0. The summed E-state index contributed by atoms with van der Waals surface area (Å²) in [7, 11) is 3.62. The third kappa shape index (κ3) is 3.12. The lowest BCUT2D eigenvalue weighted by molar-refractivity contribution is -0.132. The van der Waals surface area contributed by atoms with E-state index in [1.54, 1.807) is 5.01 Å². The molecule has 0 amide bonds. The van der Waals surface area contributed by atoms with Gasteiger partial charge in [0, 0.05) is 32.9 Å². The lowest BCUT2D eigenvalue weighted by Gasteiger charge is -2.48. The van der Waals surface area contributed by atoms with Crippen LogP contribution in [0.5, 0.6) is 5.75 Å². The molecule has 2 saturated carbocycles. The molecule has 0 bridgehead atoms. The molecule has 0 unspecified atom stereocenters. The number of esters is 1. The topological polar surface area (TPSA) is 71.3 Å². The third-order valence-corrected chi connectivity index (χ3v) is 7.10. The summed E-state index contributed by atoms with van der Waals surface area (Å²) in [6.07, 6.45) is 5.83. The minimum Gasteiger partial charge on any atom is -0.424 e. The molecule has 3 aliphatic carbocycles. The summed E-state index contributed by atoms with van der Waals surface area (Å²) >= 11 is 0. The van der Waals surface area contributed by atoms with E-state index in [0.29, 0.717) is 35.0 Å². The van der Waals surface area contributed by atoms with Crippen LogP contribution in [0.2, 0.25) is 0 Å². The van der Waals surface area contributed by atoms with Crippen LogP contribution in [0.25, 0.3) is 0 Å². The molecule has 0 aliphatic heterocycles. The molecule has 0 spiro atoms. The average Bonchev–Trinajstić information content (AvgIpc) is 2.94. The first-order chi connectivity index (χ1) is 13.3. The molecule has 0 saturated heterocycles. The van der Waals surface area contributed by atoms with E-state index < -0.39 is 0 Å². The van der Waals surface area contributed by atoms with Crippen molar-refractivity contribution < 1.29 is 14.3 Å². The van der Waals surface area contributed by atoms with Crippen LogP contribution in [-0.2, 0) is 16.0 Å². The van der Waals surface area contributed by atoms with Gasteiger partial charge in [-0.25, -0.2) is 0 Å². The van der Waals surface area contributed by atoms with Crippen LogP contribution in [0.3, 0.4) is 0 Å². The number of Topliss-reactive ketones (excluding diaryl/α,β-unsaturated/α-hetero) is 1. The first-order valence-electron chi connectivity index (χ1n) is 10.3. The van der Waals surface area contributed by atoms with Crippen molar-refractivity contribution in [1.29, 1.82) is 0 Å². The molecular formula is C22H29N3O3. The maximum absolute atomic E-state index is 12.5. The zero-order valence-electron chi connectivity index (χ0n) is 17.2. The van der Waals surface area contributed by atoms with Gasteiger partial charge < -0.3 is 4.74 Å². The largest absolute Gasteiger partial charge is 0.424 e. The zero-order valence-corrected chi connectivity index (χ0v) is 17.2.